The molecule has 2 atom stereocenters. The number of carboxylic acids is 1. The maximum absolute atomic E-state index is 11.6. The number of benzene rings is 1. The van der Waals surface area contributed by atoms with Gasteiger partial charge in [0.05, 0.1) is 6.04 Å². The highest BCUT2D eigenvalue weighted by Crippen LogP contribution is 2.25. The number of rotatable bonds is 3. The molecule has 6 nitrogen and oxygen atoms in total. The van der Waals surface area contributed by atoms with E-state index in [4.69, 9.17) is 0 Å². The van der Waals surface area contributed by atoms with Gasteiger partial charge in [-0.25, -0.2) is 4.79 Å². The van der Waals surface area contributed by atoms with Crippen LogP contribution in [0.2, 0.25) is 0 Å². The molecule has 2 aliphatic rings. The number of carbonyl (C=O) groups excluding carboxylic acids is 1. The van der Waals surface area contributed by atoms with Gasteiger partial charge in [-0.05, 0) is 5.56 Å². The normalized spacial score (nSPS) is 24.1. The summed E-state index contributed by atoms with van der Waals surface area (Å²) in [4.78, 5) is 26.9. The maximum Gasteiger partial charge on any atom is 0.325 e. The van der Waals surface area contributed by atoms with E-state index in [0.29, 0.717) is 26.2 Å². The van der Waals surface area contributed by atoms with E-state index in [2.05, 4.69) is 5.32 Å². The Labute approximate surface area is 117 Å². The van der Waals surface area contributed by atoms with Gasteiger partial charge in [-0.3, -0.25) is 9.69 Å². The van der Waals surface area contributed by atoms with Gasteiger partial charge in [-0.1, -0.05) is 30.3 Å². The molecule has 0 aliphatic carbocycles. The lowest BCUT2D eigenvalue weighted by molar-refractivity contribution is -0.144. The summed E-state index contributed by atoms with van der Waals surface area (Å²) in [6.45, 7) is 2.34. The van der Waals surface area contributed by atoms with Crippen LogP contribution < -0.4 is 5.32 Å². The Kier molecular flexibility index (Phi) is 3.31. The van der Waals surface area contributed by atoms with Crippen LogP contribution in [0.4, 0.5) is 4.79 Å². The van der Waals surface area contributed by atoms with Crippen LogP contribution in [-0.4, -0.2) is 59.1 Å². The van der Waals surface area contributed by atoms with Crippen molar-refractivity contribution in [1.29, 1.82) is 0 Å². The van der Waals surface area contributed by atoms with E-state index in [1.54, 1.807) is 4.90 Å². The first-order valence-corrected chi connectivity index (χ1v) is 6.73. The van der Waals surface area contributed by atoms with E-state index in [9.17, 15) is 14.7 Å². The number of carboxylic acid groups (broad SMARTS) is 1. The van der Waals surface area contributed by atoms with E-state index < -0.39 is 12.0 Å². The molecule has 0 bridgehead atoms. The van der Waals surface area contributed by atoms with E-state index in [1.165, 1.54) is 0 Å². The average Bonchev–Trinajstić information content (AvgIpc) is 2.81. The Morgan fingerprint density at radius 1 is 1.30 bits per heavy atom. The Bertz CT molecular complexity index is 520. The van der Waals surface area contributed by atoms with Crippen molar-refractivity contribution >= 4 is 12.0 Å². The Balaban J connectivity index is 1.80. The number of piperazine rings is 1. The van der Waals surface area contributed by atoms with Crippen LogP contribution in [0.15, 0.2) is 30.3 Å². The molecule has 2 fully saturated rings. The molecule has 2 N–H and O–H groups in total. The Morgan fingerprint density at radius 2 is 2.05 bits per heavy atom. The summed E-state index contributed by atoms with van der Waals surface area (Å²) < 4.78 is 0. The molecule has 2 aliphatic heterocycles. The molecule has 106 valence electrons. The topological polar surface area (TPSA) is 72.9 Å². The fourth-order valence-electron chi connectivity index (χ4n) is 3.01. The summed E-state index contributed by atoms with van der Waals surface area (Å²) in [6, 6.07) is 8.63. The number of nitrogens with one attached hydrogen (secondary N) is 1. The Hall–Kier alpha value is -2.08. The molecule has 3 rings (SSSR count). The molecule has 0 saturated carbocycles. The minimum atomic E-state index is -0.845. The third-order valence-corrected chi connectivity index (χ3v) is 3.98. The smallest absolute Gasteiger partial charge is 0.325 e. The van der Waals surface area contributed by atoms with Crippen molar-refractivity contribution in [2.45, 2.75) is 12.1 Å². The fourth-order valence-corrected chi connectivity index (χ4v) is 3.01. The van der Waals surface area contributed by atoms with Gasteiger partial charge in [0.25, 0.3) is 0 Å². The second-order valence-electron chi connectivity index (χ2n) is 5.18. The van der Waals surface area contributed by atoms with Crippen LogP contribution in [0.1, 0.15) is 11.6 Å². The first-order chi connectivity index (χ1) is 9.66. The van der Waals surface area contributed by atoms with Crippen molar-refractivity contribution < 1.29 is 14.7 Å². The largest absolute Gasteiger partial charge is 0.480 e. The summed E-state index contributed by atoms with van der Waals surface area (Å²) >= 11 is 0. The minimum Gasteiger partial charge on any atom is -0.480 e. The lowest BCUT2D eigenvalue weighted by atomic mass is 10.0. The van der Waals surface area contributed by atoms with Crippen LogP contribution in [0.3, 0.4) is 0 Å². The third kappa shape index (κ3) is 2.22. The molecular weight excluding hydrogens is 258 g/mol. The molecule has 1 aromatic rings. The summed E-state index contributed by atoms with van der Waals surface area (Å²) in [5.41, 5.74) is 0.783. The first-order valence-electron chi connectivity index (χ1n) is 6.73. The number of aliphatic carboxylic acids is 1. The van der Waals surface area contributed by atoms with Gasteiger partial charge in [0.2, 0.25) is 0 Å². The van der Waals surface area contributed by atoms with Crippen LogP contribution in [-0.2, 0) is 4.79 Å². The molecule has 2 amide bonds. The number of amides is 2. The Morgan fingerprint density at radius 3 is 2.75 bits per heavy atom. The quantitative estimate of drug-likeness (QED) is 0.843. The molecule has 6 heteroatoms. The summed E-state index contributed by atoms with van der Waals surface area (Å²) in [7, 11) is 0. The van der Waals surface area contributed by atoms with Gasteiger partial charge < -0.3 is 15.3 Å². The van der Waals surface area contributed by atoms with Crippen LogP contribution in [0, 0.1) is 0 Å². The second-order valence-corrected chi connectivity index (χ2v) is 5.18. The maximum atomic E-state index is 11.6. The highest BCUT2D eigenvalue weighted by atomic mass is 16.4. The standard InChI is InChI=1S/C14H17N3O3/c18-13(19)12(10-4-2-1-3-5-10)16-6-7-17-11(9-16)8-15-14(17)20/h1-5,11-12H,6-9H2,(H,15,20)(H,18,19). The molecule has 0 radical (unpaired) electrons. The second kappa shape index (κ2) is 5.13. The lowest BCUT2D eigenvalue weighted by Gasteiger charge is -2.39. The van der Waals surface area contributed by atoms with Crippen LogP contribution in [0.5, 0.6) is 0 Å². The van der Waals surface area contributed by atoms with E-state index in [1.807, 2.05) is 35.2 Å². The van der Waals surface area contributed by atoms with Gasteiger partial charge >= 0.3 is 12.0 Å². The lowest BCUT2D eigenvalue weighted by Crippen LogP contribution is -2.54. The molecule has 0 aromatic heterocycles. The molecule has 0 spiro atoms. The number of hydrogen-bond acceptors (Lipinski definition) is 3. The zero-order valence-corrected chi connectivity index (χ0v) is 11.0. The number of fused-ring (bicyclic) bond motifs is 1. The van der Waals surface area contributed by atoms with Crippen molar-refractivity contribution in [1.82, 2.24) is 15.1 Å². The average molecular weight is 275 g/mol. The zero-order chi connectivity index (χ0) is 14.1. The highest BCUT2D eigenvalue weighted by molar-refractivity contribution is 5.78. The summed E-state index contributed by atoms with van der Waals surface area (Å²) in [5.74, 6) is -0.845. The first kappa shape index (κ1) is 12.9. The van der Waals surface area contributed by atoms with Gasteiger partial charge in [0.15, 0.2) is 0 Å². The SMILES string of the molecule is O=C(O)C(c1ccccc1)N1CCN2C(=O)NCC2C1. The van der Waals surface area contributed by atoms with Crippen molar-refractivity contribution in [3.8, 4) is 0 Å². The van der Waals surface area contributed by atoms with Crippen molar-refractivity contribution in [2.24, 2.45) is 0 Å². The molecule has 1 aromatic carbocycles. The molecular formula is C14H17N3O3. The van der Waals surface area contributed by atoms with E-state index in [0.717, 1.165) is 5.56 Å². The predicted molar refractivity (Wildman–Crippen MR) is 72.3 cm³/mol. The molecule has 2 unspecified atom stereocenters. The number of nitrogens with zero attached hydrogens (tertiary/aromatic N) is 2. The summed E-state index contributed by atoms with van der Waals surface area (Å²) in [6.07, 6.45) is 0. The monoisotopic (exact) mass is 275 g/mol. The number of hydrogen-bond donors (Lipinski definition) is 2. The fraction of sp³-hybridized carbons (Fsp3) is 0.429. The highest BCUT2D eigenvalue weighted by Gasteiger charge is 2.39. The van der Waals surface area contributed by atoms with Gasteiger partial charge in [0.1, 0.15) is 6.04 Å². The van der Waals surface area contributed by atoms with Gasteiger partial charge in [0, 0.05) is 26.2 Å². The van der Waals surface area contributed by atoms with Crippen LogP contribution in [0.25, 0.3) is 0 Å². The van der Waals surface area contributed by atoms with E-state index >= 15 is 0 Å². The molecule has 20 heavy (non-hydrogen) atoms. The van der Waals surface area contributed by atoms with Crippen LogP contribution >= 0.6 is 0 Å². The molecule has 2 saturated heterocycles. The molecule has 2 heterocycles. The van der Waals surface area contributed by atoms with Crippen molar-refractivity contribution in [2.75, 3.05) is 26.2 Å². The third-order valence-electron chi connectivity index (χ3n) is 3.98. The van der Waals surface area contributed by atoms with Gasteiger partial charge in [-0.2, -0.15) is 0 Å². The predicted octanol–water partition coefficient (Wildman–Crippen LogP) is 0.522. The van der Waals surface area contributed by atoms with Crippen molar-refractivity contribution in [3.05, 3.63) is 35.9 Å². The minimum absolute atomic E-state index is 0.0405. The number of carbonyl (C=O) groups is 2. The van der Waals surface area contributed by atoms with Crippen molar-refractivity contribution in [3.63, 3.8) is 0 Å². The summed E-state index contributed by atoms with van der Waals surface area (Å²) in [5, 5.41) is 12.3. The zero-order valence-electron chi connectivity index (χ0n) is 11.0. The van der Waals surface area contributed by atoms with E-state index in [-0.39, 0.29) is 12.1 Å². The van der Waals surface area contributed by atoms with Gasteiger partial charge in [-0.15, -0.1) is 0 Å². The number of urea groups is 1.